The van der Waals surface area contributed by atoms with Crippen LogP contribution in [0.2, 0.25) is 0 Å². The molecule has 0 aliphatic heterocycles. The number of hydrazine groups is 1. The quantitative estimate of drug-likeness (QED) is 0.427. The summed E-state index contributed by atoms with van der Waals surface area (Å²) in [5.41, 5.74) is 2.86. The van der Waals surface area contributed by atoms with Gasteiger partial charge < -0.3 is 15.5 Å². The minimum atomic E-state index is -0.246. The molecule has 1 aromatic heterocycles. The molecule has 0 saturated heterocycles. The van der Waals surface area contributed by atoms with Crippen LogP contribution in [0.4, 0.5) is 5.82 Å². The van der Waals surface area contributed by atoms with E-state index < -0.39 is 0 Å². The minimum absolute atomic E-state index is 0.147. The molecule has 1 aromatic carbocycles. The molecular formula is C15H20N4O2. The van der Waals surface area contributed by atoms with Crippen LogP contribution in [0, 0.1) is 0 Å². The Morgan fingerprint density at radius 1 is 1.38 bits per heavy atom. The molecule has 2 aromatic rings. The van der Waals surface area contributed by atoms with Gasteiger partial charge in [-0.3, -0.25) is 4.79 Å². The number of pyridine rings is 1. The number of hydrogen-bond acceptors (Lipinski definition) is 5. The van der Waals surface area contributed by atoms with Gasteiger partial charge in [-0.2, -0.15) is 0 Å². The highest BCUT2D eigenvalue weighted by Crippen LogP contribution is 2.21. The Morgan fingerprint density at radius 2 is 2.14 bits per heavy atom. The molecule has 0 radical (unpaired) electrons. The largest absolute Gasteiger partial charge is 0.377 e. The van der Waals surface area contributed by atoms with Gasteiger partial charge in [-0.1, -0.05) is 24.3 Å². The van der Waals surface area contributed by atoms with Crippen LogP contribution in [-0.2, 0) is 4.74 Å². The Kier molecular flexibility index (Phi) is 5.08. The van der Waals surface area contributed by atoms with Crippen LogP contribution in [0.1, 0.15) is 24.3 Å². The Morgan fingerprint density at radius 3 is 2.86 bits per heavy atom. The number of carbonyl (C=O) groups is 1. The van der Waals surface area contributed by atoms with E-state index in [9.17, 15) is 4.79 Å². The molecule has 0 unspecified atom stereocenters. The topological polar surface area (TPSA) is 89.3 Å². The number of fused-ring (bicyclic) bond motifs is 1. The molecule has 112 valence electrons. The number of nitrogens with zero attached hydrogens (tertiary/aromatic N) is 1. The van der Waals surface area contributed by atoms with Crippen molar-refractivity contribution in [3.63, 3.8) is 0 Å². The van der Waals surface area contributed by atoms with Crippen molar-refractivity contribution in [1.29, 1.82) is 0 Å². The van der Waals surface area contributed by atoms with Crippen LogP contribution in [-0.4, -0.2) is 30.1 Å². The Hall–Kier alpha value is -2.18. The second-order valence-electron chi connectivity index (χ2n) is 4.90. The van der Waals surface area contributed by atoms with Crippen LogP contribution < -0.4 is 16.6 Å². The van der Waals surface area contributed by atoms with Gasteiger partial charge in [-0.05, 0) is 25.3 Å². The molecule has 6 heteroatoms. The third-order valence-electron chi connectivity index (χ3n) is 2.95. The molecule has 0 spiro atoms. The number of carbonyl (C=O) groups excluding carboxylic acids is 1. The van der Waals surface area contributed by atoms with Crippen molar-refractivity contribution in [2.75, 3.05) is 18.6 Å². The average Bonchev–Trinajstić information content (AvgIpc) is 2.50. The smallest absolute Gasteiger partial charge is 0.270 e. The fraction of sp³-hybridized carbons (Fsp3) is 0.333. The SMILES string of the molecule is CC(C)OCCNC(=O)c1cc2ccccc2c(NN)n1. The predicted octanol–water partition coefficient (Wildman–Crippen LogP) is 1.68. The molecule has 21 heavy (non-hydrogen) atoms. The number of ether oxygens (including phenoxy) is 1. The molecular weight excluding hydrogens is 268 g/mol. The summed E-state index contributed by atoms with van der Waals surface area (Å²) in [5, 5.41) is 4.56. The number of anilines is 1. The van der Waals surface area contributed by atoms with Crippen molar-refractivity contribution < 1.29 is 9.53 Å². The van der Waals surface area contributed by atoms with Gasteiger partial charge in [0, 0.05) is 11.9 Å². The highest BCUT2D eigenvalue weighted by molar-refractivity contribution is 6.00. The van der Waals surface area contributed by atoms with Crippen molar-refractivity contribution in [2.24, 2.45) is 5.84 Å². The normalized spacial score (nSPS) is 10.9. The summed E-state index contributed by atoms with van der Waals surface area (Å²) in [6.45, 7) is 4.81. The lowest BCUT2D eigenvalue weighted by Crippen LogP contribution is -2.29. The van der Waals surface area contributed by atoms with Crippen molar-refractivity contribution in [1.82, 2.24) is 10.3 Å². The average molecular weight is 288 g/mol. The molecule has 1 heterocycles. The Balaban J connectivity index is 2.12. The minimum Gasteiger partial charge on any atom is -0.377 e. The van der Waals surface area contributed by atoms with Crippen molar-refractivity contribution in [2.45, 2.75) is 20.0 Å². The third kappa shape index (κ3) is 3.90. The highest BCUT2D eigenvalue weighted by Gasteiger charge is 2.11. The van der Waals surface area contributed by atoms with E-state index in [2.05, 4.69) is 15.7 Å². The zero-order chi connectivity index (χ0) is 15.2. The fourth-order valence-electron chi connectivity index (χ4n) is 1.97. The summed E-state index contributed by atoms with van der Waals surface area (Å²) < 4.78 is 5.38. The zero-order valence-corrected chi connectivity index (χ0v) is 12.2. The van der Waals surface area contributed by atoms with Gasteiger partial charge >= 0.3 is 0 Å². The third-order valence-corrected chi connectivity index (χ3v) is 2.95. The number of rotatable bonds is 6. The maximum Gasteiger partial charge on any atom is 0.270 e. The van der Waals surface area contributed by atoms with E-state index in [1.807, 2.05) is 38.1 Å². The zero-order valence-electron chi connectivity index (χ0n) is 12.2. The molecule has 6 nitrogen and oxygen atoms in total. The fourth-order valence-corrected chi connectivity index (χ4v) is 1.97. The first-order valence-corrected chi connectivity index (χ1v) is 6.88. The van der Waals surface area contributed by atoms with E-state index in [4.69, 9.17) is 10.6 Å². The highest BCUT2D eigenvalue weighted by atomic mass is 16.5. The van der Waals surface area contributed by atoms with E-state index >= 15 is 0 Å². The summed E-state index contributed by atoms with van der Waals surface area (Å²) >= 11 is 0. The lowest BCUT2D eigenvalue weighted by molar-refractivity contribution is 0.0745. The van der Waals surface area contributed by atoms with E-state index in [1.165, 1.54) is 0 Å². The lowest BCUT2D eigenvalue weighted by atomic mass is 10.1. The molecule has 0 fully saturated rings. The summed E-state index contributed by atoms with van der Waals surface area (Å²) in [7, 11) is 0. The van der Waals surface area contributed by atoms with E-state index in [0.29, 0.717) is 24.7 Å². The standard InChI is InChI=1S/C15H20N4O2/c1-10(2)21-8-7-17-15(20)13-9-11-5-3-4-6-12(11)14(18-13)19-16/h3-6,9-10H,7-8,16H2,1-2H3,(H,17,20)(H,18,19). The predicted molar refractivity (Wildman–Crippen MR) is 83.0 cm³/mol. The molecule has 0 bridgehead atoms. The molecule has 4 N–H and O–H groups in total. The van der Waals surface area contributed by atoms with Gasteiger partial charge in [0.15, 0.2) is 0 Å². The number of nitrogen functional groups attached to an aromatic ring is 1. The molecule has 0 aliphatic rings. The van der Waals surface area contributed by atoms with Gasteiger partial charge in [0.1, 0.15) is 11.5 Å². The lowest BCUT2D eigenvalue weighted by Gasteiger charge is -2.10. The molecule has 0 atom stereocenters. The molecule has 0 saturated carbocycles. The van der Waals surface area contributed by atoms with Gasteiger partial charge in [0.25, 0.3) is 5.91 Å². The van der Waals surface area contributed by atoms with Crippen molar-refractivity contribution >= 4 is 22.5 Å². The van der Waals surface area contributed by atoms with Crippen molar-refractivity contribution in [3.05, 3.63) is 36.0 Å². The first-order chi connectivity index (χ1) is 10.1. The van der Waals surface area contributed by atoms with E-state index in [0.717, 1.165) is 10.8 Å². The van der Waals surface area contributed by atoms with Gasteiger partial charge in [-0.15, -0.1) is 0 Å². The first-order valence-electron chi connectivity index (χ1n) is 6.88. The molecule has 0 aliphatic carbocycles. The van der Waals surface area contributed by atoms with Crippen LogP contribution in [0.5, 0.6) is 0 Å². The number of aromatic nitrogens is 1. The first kappa shape index (κ1) is 15.2. The molecule has 1 amide bonds. The van der Waals surface area contributed by atoms with Crippen LogP contribution in [0.15, 0.2) is 30.3 Å². The van der Waals surface area contributed by atoms with E-state index in [1.54, 1.807) is 6.07 Å². The Labute approximate surface area is 123 Å². The van der Waals surface area contributed by atoms with Crippen LogP contribution >= 0.6 is 0 Å². The van der Waals surface area contributed by atoms with Crippen molar-refractivity contribution in [3.8, 4) is 0 Å². The summed E-state index contributed by atoms with van der Waals surface area (Å²) in [6.07, 6.45) is 0.147. The summed E-state index contributed by atoms with van der Waals surface area (Å²) in [5.74, 6) is 5.71. The summed E-state index contributed by atoms with van der Waals surface area (Å²) in [6, 6.07) is 9.36. The van der Waals surface area contributed by atoms with Gasteiger partial charge in [0.05, 0.1) is 12.7 Å². The number of nitrogens with two attached hydrogens (primary N) is 1. The second-order valence-corrected chi connectivity index (χ2v) is 4.90. The number of benzene rings is 1. The maximum atomic E-state index is 12.1. The number of amides is 1. The van der Waals surface area contributed by atoms with E-state index in [-0.39, 0.29) is 12.0 Å². The van der Waals surface area contributed by atoms with Crippen LogP contribution in [0.3, 0.4) is 0 Å². The summed E-state index contributed by atoms with van der Waals surface area (Å²) in [4.78, 5) is 16.3. The monoisotopic (exact) mass is 288 g/mol. The maximum absolute atomic E-state index is 12.1. The van der Waals surface area contributed by atoms with Crippen LogP contribution in [0.25, 0.3) is 10.8 Å². The Bertz CT molecular complexity index is 628. The second kappa shape index (κ2) is 7.01. The number of hydrogen-bond donors (Lipinski definition) is 3. The van der Waals surface area contributed by atoms with Gasteiger partial charge in [0.2, 0.25) is 0 Å². The molecule has 2 rings (SSSR count). The van der Waals surface area contributed by atoms with Gasteiger partial charge in [-0.25, -0.2) is 10.8 Å². The number of nitrogens with one attached hydrogen (secondary N) is 2.